The highest BCUT2D eigenvalue weighted by Gasteiger charge is 2.47. The number of carbonyl (C=O) groups is 1. The third-order valence-corrected chi connectivity index (χ3v) is 3.44. The van der Waals surface area contributed by atoms with E-state index in [1.54, 1.807) is 7.11 Å². The minimum Gasteiger partial charge on any atom is -0.497 e. The van der Waals surface area contributed by atoms with Gasteiger partial charge in [-0.25, -0.2) is 4.98 Å². The number of nitrogens with one attached hydrogen (secondary N) is 1. The molecule has 3 rings (SSSR count). The van der Waals surface area contributed by atoms with Crippen LogP contribution in [0.2, 0.25) is 0 Å². The second-order valence-electron chi connectivity index (χ2n) is 4.71. The average molecular weight is 260 g/mol. The second kappa shape index (κ2) is 4.57. The van der Waals surface area contributed by atoms with Crippen LogP contribution in [0.4, 0.5) is 0 Å². The summed E-state index contributed by atoms with van der Waals surface area (Å²) in [7, 11) is 1.64. The van der Waals surface area contributed by atoms with E-state index in [1.807, 2.05) is 25.1 Å². The van der Waals surface area contributed by atoms with E-state index in [4.69, 9.17) is 9.47 Å². The molecule has 2 atom stereocenters. The molecular formula is C14H16N2O3. The number of H-pyrrole nitrogens is 1. The van der Waals surface area contributed by atoms with Gasteiger partial charge in [0.05, 0.1) is 30.7 Å². The van der Waals surface area contributed by atoms with E-state index in [2.05, 4.69) is 9.97 Å². The Morgan fingerprint density at radius 3 is 3.11 bits per heavy atom. The first-order valence-electron chi connectivity index (χ1n) is 6.43. The molecule has 0 bridgehead atoms. The Bertz CT molecular complexity index is 620. The summed E-state index contributed by atoms with van der Waals surface area (Å²) in [6, 6.07) is 5.70. The van der Waals surface area contributed by atoms with E-state index in [0.29, 0.717) is 6.61 Å². The van der Waals surface area contributed by atoms with Crippen LogP contribution in [0.5, 0.6) is 5.75 Å². The highest BCUT2D eigenvalue weighted by atomic mass is 16.5. The topological polar surface area (TPSA) is 64.2 Å². The molecule has 0 aliphatic heterocycles. The minimum atomic E-state index is -0.120. The van der Waals surface area contributed by atoms with Crippen molar-refractivity contribution in [1.29, 1.82) is 0 Å². The van der Waals surface area contributed by atoms with Crippen LogP contribution >= 0.6 is 0 Å². The van der Waals surface area contributed by atoms with E-state index in [1.165, 1.54) is 0 Å². The number of imidazole rings is 1. The average Bonchev–Trinajstić information content (AvgIpc) is 3.11. The third-order valence-electron chi connectivity index (χ3n) is 3.44. The fraction of sp³-hybridized carbons (Fsp3) is 0.429. The summed E-state index contributed by atoms with van der Waals surface area (Å²) < 4.78 is 10.2. The minimum absolute atomic E-state index is 0.0394. The molecule has 0 saturated heterocycles. The van der Waals surface area contributed by atoms with Crippen molar-refractivity contribution in [2.75, 3.05) is 13.7 Å². The Morgan fingerprint density at radius 2 is 2.37 bits per heavy atom. The largest absolute Gasteiger partial charge is 0.497 e. The molecule has 1 fully saturated rings. The summed E-state index contributed by atoms with van der Waals surface area (Å²) in [5.74, 6) is 1.66. The normalized spacial score (nSPS) is 21.4. The van der Waals surface area contributed by atoms with Crippen molar-refractivity contribution in [2.45, 2.75) is 19.3 Å². The van der Waals surface area contributed by atoms with Gasteiger partial charge in [-0.1, -0.05) is 0 Å². The summed E-state index contributed by atoms with van der Waals surface area (Å²) >= 11 is 0. The lowest BCUT2D eigenvalue weighted by molar-refractivity contribution is -0.144. The number of esters is 1. The number of aromatic nitrogens is 2. The molecule has 2 aromatic rings. The van der Waals surface area contributed by atoms with E-state index in [0.717, 1.165) is 29.0 Å². The van der Waals surface area contributed by atoms with Gasteiger partial charge in [-0.05, 0) is 25.5 Å². The molecule has 0 amide bonds. The van der Waals surface area contributed by atoms with Crippen molar-refractivity contribution < 1.29 is 14.3 Å². The highest BCUT2D eigenvalue weighted by Crippen LogP contribution is 2.47. The Morgan fingerprint density at radius 1 is 1.53 bits per heavy atom. The lowest BCUT2D eigenvalue weighted by Gasteiger charge is -1.98. The zero-order valence-electron chi connectivity index (χ0n) is 11.0. The summed E-state index contributed by atoms with van der Waals surface area (Å²) in [6.45, 7) is 2.25. The number of fused-ring (bicyclic) bond motifs is 1. The van der Waals surface area contributed by atoms with Gasteiger partial charge in [0, 0.05) is 12.0 Å². The number of aromatic amines is 1. The Labute approximate surface area is 110 Å². The fourth-order valence-corrected chi connectivity index (χ4v) is 2.32. The van der Waals surface area contributed by atoms with Crippen LogP contribution in [0.3, 0.4) is 0 Å². The van der Waals surface area contributed by atoms with E-state index in [-0.39, 0.29) is 17.8 Å². The lowest BCUT2D eigenvalue weighted by Crippen LogP contribution is -2.07. The van der Waals surface area contributed by atoms with Gasteiger partial charge in [0.1, 0.15) is 11.6 Å². The van der Waals surface area contributed by atoms with Crippen molar-refractivity contribution in [3.05, 3.63) is 24.0 Å². The number of rotatable bonds is 4. The highest BCUT2D eigenvalue weighted by molar-refractivity contribution is 5.79. The predicted molar refractivity (Wildman–Crippen MR) is 70.1 cm³/mol. The van der Waals surface area contributed by atoms with Crippen LogP contribution in [0, 0.1) is 5.92 Å². The monoisotopic (exact) mass is 260 g/mol. The summed E-state index contributed by atoms with van der Waals surface area (Å²) in [5, 5.41) is 0. The molecule has 1 aliphatic rings. The summed E-state index contributed by atoms with van der Waals surface area (Å²) in [6.07, 6.45) is 0.815. The van der Waals surface area contributed by atoms with E-state index < -0.39 is 0 Å². The molecule has 1 aromatic carbocycles. The number of methoxy groups -OCH3 is 1. The van der Waals surface area contributed by atoms with Crippen LogP contribution in [0.1, 0.15) is 25.1 Å². The molecule has 0 unspecified atom stereocenters. The zero-order chi connectivity index (χ0) is 13.4. The maximum atomic E-state index is 11.6. The number of benzene rings is 1. The van der Waals surface area contributed by atoms with Crippen LogP contribution in [0.25, 0.3) is 11.0 Å². The fourth-order valence-electron chi connectivity index (χ4n) is 2.32. The zero-order valence-corrected chi connectivity index (χ0v) is 11.0. The second-order valence-corrected chi connectivity index (χ2v) is 4.71. The van der Waals surface area contributed by atoms with Crippen LogP contribution in [-0.4, -0.2) is 29.7 Å². The molecule has 0 spiro atoms. The molecular weight excluding hydrogens is 244 g/mol. The molecule has 5 nitrogen and oxygen atoms in total. The third kappa shape index (κ3) is 2.16. The van der Waals surface area contributed by atoms with Crippen molar-refractivity contribution in [3.8, 4) is 5.75 Å². The standard InChI is InChI=1S/C14H16N2O3/c1-3-19-14(17)10-7-9(10)13-15-11-5-4-8(18-2)6-12(11)16-13/h4-6,9-10H,3,7H2,1-2H3,(H,15,16)/t9-,10-/m1/s1. The maximum Gasteiger partial charge on any atom is 0.309 e. The predicted octanol–water partition coefficient (Wildman–Crippen LogP) is 2.24. The van der Waals surface area contributed by atoms with Gasteiger partial charge in [0.15, 0.2) is 0 Å². The lowest BCUT2D eigenvalue weighted by atomic mass is 10.3. The molecule has 1 saturated carbocycles. The first-order valence-corrected chi connectivity index (χ1v) is 6.43. The van der Waals surface area contributed by atoms with E-state index >= 15 is 0 Å². The summed E-state index contributed by atoms with van der Waals surface area (Å²) in [5.41, 5.74) is 1.83. The van der Waals surface area contributed by atoms with Gasteiger partial charge in [-0.15, -0.1) is 0 Å². The van der Waals surface area contributed by atoms with Crippen LogP contribution in [0.15, 0.2) is 18.2 Å². The van der Waals surface area contributed by atoms with E-state index in [9.17, 15) is 4.79 Å². The van der Waals surface area contributed by atoms with Crippen molar-refractivity contribution in [3.63, 3.8) is 0 Å². The molecule has 1 aliphatic carbocycles. The number of carbonyl (C=O) groups excluding carboxylic acids is 1. The molecule has 0 radical (unpaired) electrons. The smallest absolute Gasteiger partial charge is 0.309 e. The SMILES string of the molecule is CCOC(=O)[C@@H]1C[C@H]1c1nc2ccc(OC)cc2[nH]1. The quantitative estimate of drug-likeness (QED) is 0.856. The molecule has 100 valence electrons. The Kier molecular flexibility index (Phi) is 2.89. The van der Waals surface area contributed by atoms with Crippen molar-refractivity contribution in [1.82, 2.24) is 9.97 Å². The van der Waals surface area contributed by atoms with Crippen LogP contribution in [-0.2, 0) is 9.53 Å². The molecule has 1 heterocycles. The number of hydrogen-bond donors (Lipinski definition) is 1. The molecule has 1 N–H and O–H groups in total. The first kappa shape index (κ1) is 12.0. The van der Waals surface area contributed by atoms with Gasteiger partial charge in [0.25, 0.3) is 0 Å². The number of ether oxygens (including phenoxy) is 2. The van der Waals surface area contributed by atoms with Gasteiger partial charge in [-0.2, -0.15) is 0 Å². The van der Waals surface area contributed by atoms with Crippen LogP contribution < -0.4 is 4.74 Å². The first-order chi connectivity index (χ1) is 9.22. The number of hydrogen-bond acceptors (Lipinski definition) is 4. The molecule has 19 heavy (non-hydrogen) atoms. The maximum absolute atomic E-state index is 11.6. The van der Waals surface area contributed by atoms with Gasteiger partial charge in [0.2, 0.25) is 0 Å². The summed E-state index contributed by atoms with van der Waals surface area (Å²) in [4.78, 5) is 19.4. The van der Waals surface area contributed by atoms with Gasteiger partial charge < -0.3 is 14.5 Å². The Balaban J connectivity index is 1.81. The van der Waals surface area contributed by atoms with Gasteiger partial charge >= 0.3 is 5.97 Å². The molecule has 5 heteroatoms. The molecule has 1 aromatic heterocycles. The van der Waals surface area contributed by atoms with Gasteiger partial charge in [-0.3, -0.25) is 4.79 Å². The van der Waals surface area contributed by atoms with Crippen molar-refractivity contribution in [2.24, 2.45) is 5.92 Å². The Hall–Kier alpha value is -2.04. The number of nitrogens with zero attached hydrogens (tertiary/aromatic N) is 1. The van der Waals surface area contributed by atoms with Crippen molar-refractivity contribution >= 4 is 17.0 Å².